The van der Waals surface area contributed by atoms with Crippen LogP contribution in [-0.2, 0) is 16.0 Å². The lowest BCUT2D eigenvalue weighted by Crippen LogP contribution is -2.27. The minimum Gasteiger partial charge on any atom is -0.377 e. The summed E-state index contributed by atoms with van der Waals surface area (Å²) in [6.45, 7) is 1.27. The highest BCUT2D eigenvalue weighted by Gasteiger charge is 2.22. The van der Waals surface area contributed by atoms with Gasteiger partial charge >= 0.3 is 0 Å². The van der Waals surface area contributed by atoms with Crippen LogP contribution in [0.4, 0.5) is 4.39 Å². The van der Waals surface area contributed by atoms with Crippen LogP contribution >= 0.6 is 11.8 Å². The summed E-state index contributed by atoms with van der Waals surface area (Å²) in [6, 6.07) is 6.65. The summed E-state index contributed by atoms with van der Waals surface area (Å²) in [5, 5.41) is 12.3. The van der Waals surface area contributed by atoms with Crippen LogP contribution in [0, 0.1) is 11.7 Å². The van der Waals surface area contributed by atoms with Gasteiger partial charge in [0.15, 0.2) is 5.16 Å². The lowest BCUT2D eigenvalue weighted by atomic mass is 10.0. The fraction of sp³-hybridized carbons (Fsp3) is 0.591. The second-order valence-corrected chi connectivity index (χ2v) is 9.07. The van der Waals surface area contributed by atoms with Crippen molar-refractivity contribution in [3.05, 3.63) is 35.9 Å². The number of thioether (sulfide) groups is 1. The highest BCUT2D eigenvalue weighted by Crippen LogP contribution is 2.28. The van der Waals surface area contributed by atoms with Gasteiger partial charge in [0.05, 0.1) is 11.8 Å². The molecule has 1 saturated carbocycles. The summed E-state index contributed by atoms with van der Waals surface area (Å²) in [5.41, 5.74) is 0.435. The largest absolute Gasteiger partial charge is 0.377 e. The van der Waals surface area contributed by atoms with Crippen molar-refractivity contribution in [2.75, 3.05) is 18.9 Å². The first-order valence-corrected chi connectivity index (χ1v) is 11.9. The van der Waals surface area contributed by atoms with Crippen molar-refractivity contribution in [3.63, 3.8) is 0 Å². The molecular weight excluding hydrogens is 403 g/mol. The van der Waals surface area contributed by atoms with Gasteiger partial charge in [-0.2, -0.15) is 0 Å². The Morgan fingerprint density at radius 1 is 1.20 bits per heavy atom. The molecule has 2 aromatic rings. The number of nitrogens with one attached hydrogen (secondary N) is 1. The van der Waals surface area contributed by atoms with Crippen molar-refractivity contribution >= 4 is 17.7 Å². The average molecular weight is 433 g/mol. The molecule has 0 spiro atoms. The number of ether oxygens (including phenoxy) is 1. The molecule has 30 heavy (non-hydrogen) atoms. The Kier molecular flexibility index (Phi) is 7.38. The zero-order valence-electron chi connectivity index (χ0n) is 17.2. The molecule has 8 heteroatoms. The Hall–Kier alpha value is -1.93. The van der Waals surface area contributed by atoms with Gasteiger partial charge in [-0.1, -0.05) is 36.7 Å². The summed E-state index contributed by atoms with van der Waals surface area (Å²) >= 11 is 1.54. The number of carbonyl (C=O) groups is 1. The molecule has 2 fully saturated rings. The predicted molar refractivity (Wildman–Crippen MR) is 114 cm³/mol. The van der Waals surface area contributed by atoms with Crippen LogP contribution in [0.2, 0.25) is 0 Å². The van der Waals surface area contributed by atoms with Gasteiger partial charge in [0.1, 0.15) is 11.6 Å². The summed E-state index contributed by atoms with van der Waals surface area (Å²) < 4.78 is 22.0. The van der Waals surface area contributed by atoms with E-state index in [1.165, 1.54) is 18.9 Å². The number of aromatic nitrogens is 3. The number of hydrogen-bond acceptors (Lipinski definition) is 5. The summed E-state index contributed by atoms with van der Waals surface area (Å²) in [5.74, 6) is 1.71. The fourth-order valence-electron chi connectivity index (χ4n) is 4.24. The van der Waals surface area contributed by atoms with Crippen molar-refractivity contribution in [1.82, 2.24) is 20.1 Å². The molecule has 0 radical (unpaired) electrons. The van der Waals surface area contributed by atoms with E-state index in [-0.39, 0.29) is 17.8 Å². The minimum atomic E-state index is -0.317. The summed E-state index contributed by atoms with van der Waals surface area (Å²) in [6.07, 6.45) is 8.20. The highest BCUT2D eigenvalue weighted by atomic mass is 32.2. The second-order valence-electron chi connectivity index (χ2n) is 8.09. The highest BCUT2D eigenvalue weighted by molar-refractivity contribution is 7.99. The van der Waals surface area contributed by atoms with Gasteiger partial charge < -0.3 is 10.1 Å². The third-order valence-corrected chi connectivity index (χ3v) is 6.90. The van der Waals surface area contributed by atoms with Crippen LogP contribution in [0.1, 0.15) is 50.8 Å². The molecule has 2 heterocycles. The van der Waals surface area contributed by atoms with Crippen molar-refractivity contribution in [2.45, 2.75) is 62.6 Å². The molecule has 1 unspecified atom stereocenters. The predicted octanol–water partition coefficient (Wildman–Crippen LogP) is 3.92. The first kappa shape index (κ1) is 21.3. The number of amides is 1. The van der Waals surface area contributed by atoms with E-state index in [2.05, 4.69) is 15.5 Å². The molecule has 1 aromatic carbocycles. The van der Waals surface area contributed by atoms with Gasteiger partial charge in [-0.05, 0) is 43.7 Å². The van der Waals surface area contributed by atoms with Crippen LogP contribution in [0.25, 0.3) is 5.69 Å². The van der Waals surface area contributed by atoms with E-state index in [1.807, 2.05) is 0 Å². The van der Waals surface area contributed by atoms with Gasteiger partial charge in [0.2, 0.25) is 5.91 Å². The van der Waals surface area contributed by atoms with E-state index >= 15 is 0 Å². The number of nitrogens with zero attached hydrogens (tertiary/aromatic N) is 3. The third kappa shape index (κ3) is 5.40. The van der Waals surface area contributed by atoms with E-state index in [0.717, 1.165) is 38.0 Å². The van der Waals surface area contributed by atoms with E-state index in [9.17, 15) is 9.18 Å². The van der Waals surface area contributed by atoms with Gasteiger partial charge in [0.25, 0.3) is 0 Å². The molecule has 1 aromatic heterocycles. The lowest BCUT2D eigenvalue weighted by Gasteiger charge is -2.13. The topological polar surface area (TPSA) is 69.0 Å². The smallest absolute Gasteiger partial charge is 0.220 e. The molecule has 1 amide bonds. The van der Waals surface area contributed by atoms with Crippen molar-refractivity contribution in [2.24, 2.45) is 5.92 Å². The van der Waals surface area contributed by atoms with Crippen molar-refractivity contribution in [3.8, 4) is 5.69 Å². The molecule has 1 atom stereocenters. The van der Waals surface area contributed by atoms with E-state index in [0.29, 0.717) is 42.0 Å². The monoisotopic (exact) mass is 432 g/mol. The van der Waals surface area contributed by atoms with Crippen LogP contribution < -0.4 is 5.32 Å². The first-order valence-electron chi connectivity index (χ1n) is 10.9. The minimum absolute atomic E-state index is 0.0897. The van der Waals surface area contributed by atoms with E-state index in [1.54, 1.807) is 34.5 Å². The SMILES string of the molecule is O=C(CC1CCCC1)NCCc1nnc(SCC2CCCO2)n1-c1ccccc1F. The molecule has 6 nitrogen and oxygen atoms in total. The molecule has 1 aliphatic carbocycles. The van der Waals surface area contributed by atoms with Gasteiger partial charge in [0, 0.05) is 31.7 Å². The Balaban J connectivity index is 1.42. The normalized spacial score (nSPS) is 19.4. The maximum atomic E-state index is 14.6. The van der Waals surface area contributed by atoms with Gasteiger partial charge in [-0.15, -0.1) is 10.2 Å². The lowest BCUT2D eigenvalue weighted by molar-refractivity contribution is -0.121. The van der Waals surface area contributed by atoms with Crippen molar-refractivity contribution < 1.29 is 13.9 Å². The number of rotatable bonds is 9. The number of halogens is 1. The Morgan fingerprint density at radius 3 is 2.80 bits per heavy atom. The third-order valence-electron chi connectivity index (χ3n) is 5.84. The molecule has 4 rings (SSSR count). The molecular formula is C22H29FN4O2S. The number of para-hydroxylation sites is 1. The molecule has 1 saturated heterocycles. The number of carbonyl (C=O) groups excluding carboxylic acids is 1. The van der Waals surface area contributed by atoms with E-state index in [4.69, 9.17) is 4.74 Å². The molecule has 2 aliphatic rings. The maximum Gasteiger partial charge on any atom is 0.220 e. The zero-order chi connectivity index (χ0) is 20.8. The van der Waals surface area contributed by atoms with Crippen molar-refractivity contribution in [1.29, 1.82) is 0 Å². The van der Waals surface area contributed by atoms with Crippen LogP contribution in [0.3, 0.4) is 0 Å². The van der Waals surface area contributed by atoms with Crippen LogP contribution in [0.15, 0.2) is 29.4 Å². The standard InChI is InChI=1S/C22H29FN4O2S/c23-18-9-3-4-10-19(18)27-20(11-12-24-21(28)14-16-6-1-2-7-16)25-26-22(27)30-15-17-8-5-13-29-17/h3-4,9-10,16-17H,1-2,5-8,11-15H2,(H,24,28). The maximum absolute atomic E-state index is 14.6. The number of hydrogen-bond donors (Lipinski definition) is 1. The second kappa shape index (κ2) is 10.4. The number of benzene rings is 1. The Morgan fingerprint density at radius 2 is 2.03 bits per heavy atom. The van der Waals surface area contributed by atoms with Gasteiger partial charge in [-0.25, -0.2) is 4.39 Å². The quantitative estimate of drug-likeness (QED) is 0.609. The Labute approximate surface area is 181 Å². The fourth-order valence-corrected chi connectivity index (χ4v) is 5.27. The Bertz CT molecular complexity index is 847. The molecule has 1 N–H and O–H groups in total. The van der Waals surface area contributed by atoms with E-state index < -0.39 is 0 Å². The summed E-state index contributed by atoms with van der Waals surface area (Å²) in [7, 11) is 0. The molecule has 1 aliphatic heterocycles. The zero-order valence-corrected chi connectivity index (χ0v) is 18.0. The van der Waals surface area contributed by atoms with Crippen LogP contribution in [-0.4, -0.2) is 45.7 Å². The van der Waals surface area contributed by atoms with Gasteiger partial charge in [-0.3, -0.25) is 9.36 Å². The molecule has 162 valence electrons. The first-order chi connectivity index (χ1) is 14.7. The average Bonchev–Trinajstić information content (AvgIpc) is 3.49. The summed E-state index contributed by atoms with van der Waals surface area (Å²) in [4.78, 5) is 12.2. The van der Waals surface area contributed by atoms with Crippen LogP contribution in [0.5, 0.6) is 0 Å². The molecule has 0 bridgehead atoms.